The van der Waals surface area contributed by atoms with Crippen molar-refractivity contribution in [2.24, 2.45) is 5.73 Å². The molecule has 2 N–H and O–H groups in total. The van der Waals surface area contributed by atoms with E-state index in [0.29, 0.717) is 16.8 Å². The summed E-state index contributed by atoms with van der Waals surface area (Å²) < 4.78 is 32.6. The van der Waals surface area contributed by atoms with Crippen LogP contribution in [0, 0.1) is 18.6 Å². The van der Waals surface area contributed by atoms with E-state index in [1.165, 1.54) is 6.07 Å². The van der Waals surface area contributed by atoms with Crippen LogP contribution in [0.2, 0.25) is 0 Å². The van der Waals surface area contributed by atoms with Crippen LogP contribution in [0.5, 0.6) is 11.5 Å². The number of ether oxygens (including phenoxy) is 1. The molecule has 0 heterocycles. The molecule has 0 aliphatic heterocycles. The Morgan fingerprint density at radius 2 is 1.95 bits per heavy atom. The summed E-state index contributed by atoms with van der Waals surface area (Å²) in [6.45, 7) is 2.30. The largest absolute Gasteiger partial charge is 0.454 e. The van der Waals surface area contributed by atoms with E-state index >= 15 is 0 Å². The van der Waals surface area contributed by atoms with Crippen molar-refractivity contribution in [3.63, 3.8) is 0 Å². The Kier molecular flexibility index (Phi) is 4.17. The van der Waals surface area contributed by atoms with Gasteiger partial charge in [-0.1, -0.05) is 22.0 Å². The summed E-state index contributed by atoms with van der Waals surface area (Å²) in [4.78, 5) is 0. The second kappa shape index (κ2) is 5.67. The van der Waals surface area contributed by atoms with Gasteiger partial charge in [-0.3, -0.25) is 0 Å². The molecule has 0 fully saturated rings. The molecule has 2 rings (SSSR count). The minimum atomic E-state index is -1.01. The van der Waals surface area contributed by atoms with Gasteiger partial charge in [0.15, 0.2) is 11.6 Å². The zero-order chi connectivity index (χ0) is 14.0. The van der Waals surface area contributed by atoms with E-state index < -0.39 is 11.6 Å². The summed E-state index contributed by atoms with van der Waals surface area (Å²) in [6.07, 6.45) is 0. The van der Waals surface area contributed by atoms with Gasteiger partial charge >= 0.3 is 0 Å². The van der Waals surface area contributed by atoms with E-state index in [-0.39, 0.29) is 5.75 Å². The van der Waals surface area contributed by atoms with Crippen LogP contribution in [0.4, 0.5) is 8.78 Å². The van der Waals surface area contributed by atoms with Gasteiger partial charge in [0.25, 0.3) is 0 Å². The molecule has 0 aromatic heterocycles. The summed E-state index contributed by atoms with van der Waals surface area (Å²) in [5.74, 6) is -1.69. The van der Waals surface area contributed by atoms with E-state index in [0.717, 1.165) is 17.2 Å². The summed E-state index contributed by atoms with van der Waals surface area (Å²) in [5, 5.41) is 0. The molecule has 2 aromatic carbocycles. The smallest absolute Gasteiger partial charge is 0.201 e. The summed E-state index contributed by atoms with van der Waals surface area (Å²) in [6, 6.07) is 7.64. The third-order valence-corrected chi connectivity index (χ3v) is 3.18. The van der Waals surface area contributed by atoms with Crippen molar-refractivity contribution in [1.29, 1.82) is 0 Å². The fraction of sp³-hybridized carbons (Fsp3) is 0.143. The Labute approximate surface area is 118 Å². The lowest BCUT2D eigenvalue weighted by molar-refractivity contribution is 0.415. The Hall–Kier alpha value is -1.46. The van der Waals surface area contributed by atoms with Gasteiger partial charge in [0.2, 0.25) is 5.82 Å². The molecular formula is C14H12BrF2NO. The normalized spacial score (nSPS) is 10.6. The van der Waals surface area contributed by atoms with Crippen molar-refractivity contribution >= 4 is 15.9 Å². The number of aryl methyl sites for hydroxylation is 1. The second-order valence-corrected chi connectivity index (χ2v) is 5.01. The number of hydrogen-bond acceptors (Lipinski definition) is 2. The first-order chi connectivity index (χ1) is 9.01. The average molecular weight is 328 g/mol. The van der Waals surface area contributed by atoms with Crippen molar-refractivity contribution in [3.05, 3.63) is 57.6 Å². The van der Waals surface area contributed by atoms with Gasteiger partial charge in [0, 0.05) is 11.0 Å². The van der Waals surface area contributed by atoms with Crippen molar-refractivity contribution < 1.29 is 13.5 Å². The molecule has 0 unspecified atom stereocenters. The quantitative estimate of drug-likeness (QED) is 0.853. The van der Waals surface area contributed by atoms with E-state index in [4.69, 9.17) is 10.5 Å². The lowest BCUT2D eigenvalue weighted by Gasteiger charge is -2.10. The molecule has 0 aliphatic rings. The first-order valence-corrected chi connectivity index (χ1v) is 6.42. The zero-order valence-electron chi connectivity index (χ0n) is 10.2. The molecule has 5 heteroatoms. The number of halogens is 3. The highest BCUT2D eigenvalue weighted by Crippen LogP contribution is 2.30. The van der Waals surface area contributed by atoms with Gasteiger partial charge < -0.3 is 10.5 Å². The van der Waals surface area contributed by atoms with Crippen LogP contribution in [-0.2, 0) is 6.54 Å². The van der Waals surface area contributed by atoms with Crippen LogP contribution in [0.15, 0.2) is 34.8 Å². The number of hydrogen-bond donors (Lipinski definition) is 1. The minimum Gasteiger partial charge on any atom is -0.454 e. The highest BCUT2D eigenvalue weighted by atomic mass is 79.9. The standard InChI is InChI=1S/C14H12BrF2NO/c1-8-4-11(3-2-9(8)7-18)19-13-6-10(15)5-12(16)14(13)17/h2-6H,7,18H2,1H3. The molecule has 0 bridgehead atoms. The molecule has 0 aliphatic carbocycles. The molecule has 0 atom stereocenters. The third-order valence-electron chi connectivity index (χ3n) is 2.72. The van der Waals surface area contributed by atoms with Gasteiger partial charge in [-0.25, -0.2) is 4.39 Å². The lowest BCUT2D eigenvalue weighted by atomic mass is 10.1. The van der Waals surface area contributed by atoms with Gasteiger partial charge in [-0.15, -0.1) is 0 Å². The van der Waals surface area contributed by atoms with Gasteiger partial charge in [0.1, 0.15) is 5.75 Å². The summed E-state index contributed by atoms with van der Waals surface area (Å²) in [5.41, 5.74) is 7.48. The Morgan fingerprint density at radius 3 is 2.58 bits per heavy atom. The second-order valence-electron chi connectivity index (χ2n) is 4.09. The fourth-order valence-corrected chi connectivity index (χ4v) is 2.10. The molecule has 2 aromatic rings. The summed E-state index contributed by atoms with van der Waals surface area (Å²) >= 11 is 3.09. The predicted octanol–water partition coefficient (Wildman–Crippen LogP) is 4.29. The van der Waals surface area contributed by atoms with Gasteiger partial charge in [0.05, 0.1) is 0 Å². The van der Waals surface area contributed by atoms with E-state index in [2.05, 4.69) is 15.9 Å². The topological polar surface area (TPSA) is 35.2 Å². The van der Waals surface area contributed by atoms with Crippen LogP contribution < -0.4 is 10.5 Å². The van der Waals surface area contributed by atoms with Crippen molar-refractivity contribution in [2.75, 3.05) is 0 Å². The highest BCUT2D eigenvalue weighted by molar-refractivity contribution is 9.10. The fourth-order valence-electron chi connectivity index (χ4n) is 1.69. The van der Waals surface area contributed by atoms with Crippen LogP contribution in [0.25, 0.3) is 0 Å². The van der Waals surface area contributed by atoms with Crippen molar-refractivity contribution in [2.45, 2.75) is 13.5 Å². The average Bonchev–Trinajstić information content (AvgIpc) is 2.35. The number of rotatable bonds is 3. The van der Waals surface area contributed by atoms with Crippen LogP contribution >= 0.6 is 15.9 Å². The van der Waals surface area contributed by atoms with E-state index in [1.54, 1.807) is 18.2 Å². The minimum absolute atomic E-state index is 0.160. The van der Waals surface area contributed by atoms with Gasteiger partial charge in [-0.2, -0.15) is 4.39 Å². The molecule has 0 radical (unpaired) electrons. The predicted molar refractivity (Wildman–Crippen MR) is 73.2 cm³/mol. The molecule has 100 valence electrons. The molecule has 0 amide bonds. The Bertz CT molecular complexity index is 617. The molecular weight excluding hydrogens is 316 g/mol. The first kappa shape index (κ1) is 14.0. The molecule has 0 spiro atoms. The SMILES string of the molecule is Cc1cc(Oc2cc(Br)cc(F)c2F)ccc1CN. The van der Waals surface area contributed by atoms with Crippen molar-refractivity contribution in [1.82, 2.24) is 0 Å². The van der Waals surface area contributed by atoms with Crippen molar-refractivity contribution in [3.8, 4) is 11.5 Å². The molecule has 0 saturated heterocycles. The Morgan fingerprint density at radius 1 is 1.21 bits per heavy atom. The number of benzene rings is 2. The zero-order valence-corrected chi connectivity index (χ0v) is 11.8. The maximum atomic E-state index is 13.6. The molecule has 19 heavy (non-hydrogen) atoms. The van der Waals surface area contributed by atoms with E-state index in [9.17, 15) is 8.78 Å². The maximum Gasteiger partial charge on any atom is 0.201 e. The first-order valence-electron chi connectivity index (χ1n) is 5.63. The molecule has 0 saturated carbocycles. The van der Waals surface area contributed by atoms with Crippen LogP contribution in [0.3, 0.4) is 0 Å². The number of nitrogens with two attached hydrogens (primary N) is 1. The van der Waals surface area contributed by atoms with Crippen LogP contribution in [-0.4, -0.2) is 0 Å². The van der Waals surface area contributed by atoms with E-state index in [1.807, 2.05) is 6.92 Å². The monoisotopic (exact) mass is 327 g/mol. The highest BCUT2D eigenvalue weighted by Gasteiger charge is 2.12. The third kappa shape index (κ3) is 3.11. The molecule has 2 nitrogen and oxygen atoms in total. The van der Waals surface area contributed by atoms with Gasteiger partial charge in [-0.05, 0) is 42.3 Å². The Balaban J connectivity index is 2.33. The van der Waals surface area contributed by atoms with Crippen LogP contribution in [0.1, 0.15) is 11.1 Å². The maximum absolute atomic E-state index is 13.6. The summed E-state index contributed by atoms with van der Waals surface area (Å²) in [7, 11) is 0. The lowest BCUT2D eigenvalue weighted by Crippen LogP contribution is -1.99.